The summed E-state index contributed by atoms with van der Waals surface area (Å²) in [6.45, 7) is 4.21. The Kier molecular flexibility index (Phi) is 8.54. The van der Waals surface area contributed by atoms with Crippen LogP contribution in [0.1, 0.15) is 42.5 Å². The van der Waals surface area contributed by atoms with Crippen molar-refractivity contribution in [2.75, 3.05) is 25.4 Å². The normalized spacial score (nSPS) is 16.5. The maximum atomic E-state index is 13.0. The quantitative estimate of drug-likeness (QED) is 0.533. The van der Waals surface area contributed by atoms with Crippen LogP contribution in [0.4, 0.5) is 5.13 Å². The number of likely N-dealkylation sites (tertiary alicyclic amines) is 1. The lowest BCUT2D eigenvalue weighted by Gasteiger charge is -2.31. The molecule has 1 aromatic carbocycles. The minimum absolute atomic E-state index is 0.0880. The molecule has 0 spiro atoms. The second kappa shape index (κ2) is 11.1. The first-order valence-electron chi connectivity index (χ1n) is 10.3. The van der Waals surface area contributed by atoms with Crippen molar-refractivity contribution < 1.29 is 9.59 Å². The molecule has 2 heterocycles. The Morgan fingerprint density at radius 2 is 1.90 bits per heavy atom. The molecule has 0 bridgehead atoms. The molecular formula is C21H27Cl2N5O2S. The number of aromatic nitrogens is 1. The molecule has 2 aromatic rings. The van der Waals surface area contributed by atoms with Gasteiger partial charge in [0.2, 0.25) is 11.8 Å². The third-order valence-electron chi connectivity index (χ3n) is 5.47. The Balaban J connectivity index is 1.67. The first-order valence-corrected chi connectivity index (χ1v) is 11.9. The Hall–Kier alpha value is -1.87. The molecule has 0 unspecified atom stereocenters. The van der Waals surface area contributed by atoms with Gasteiger partial charge in [-0.05, 0) is 50.6 Å². The van der Waals surface area contributed by atoms with Gasteiger partial charge in [-0.2, -0.15) is 0 Å². The highest BCUT2D eigenvalue weighted by atomic mass is 35.5. The van der Waals surface area contributed by atoms with Crippen molar-refractivity contribution in [3.63, 3.8) is 0 Å². The van der Waals surface area contributed by atoms with E-state index in [-0.39, 0.29) is 24.4 Å². The molecule has 4 N–H and O–H groups in total. The number of amides is 2. The SMILES string of the molecule is C[C@H](C(=O)NC[C@H](C(=O)NCc1cnc(N)s1)c1ccc(Cl)c(Cl)c1)N1CCCCC1. The first-order chi connectivity index (χ1) is 14.8. The van der Waals surface area contributed by atoms with Gasteiger partial charge >= 0.3 is 0 Å². The second-order valence-corrected chi connectivity index (χ2v) is 9.59. The number of nitrogen functional groups attached to an aromatic ring is 1. The predicted octanol–water partition coefficient (Wildman–Crippen LogP) is 3.42. The van der Waals surface area contributed by atoms with E-state index in [4.69, 9.17) is 28.9 Å². The number of hydrogen-bond donors (Lipinski definition) is 3. The number of rotatable bonds is 8. The van der Waals surface area contributed by atoms with Gasteiger partial charge in [-0.3, -0.25) is 14.5 Å². The van der Waals surface area contributed by atoms with Gasteiger partial charge in [0.1, 0.15) is 0 Å². The summed E-state index contributed by atoms with van der Waals surface area (Å²) in [5.41, 5.74) is 6.34. The van der Waals surface area contributed by atoms with Crippen LogP contribution in [0.15, 0.2) is 24.4 Å². The number of nitrogens with two attached hydrogens (primary N) is 1. The largest absolute Gasteiger partial charge is 0.375 e. The molecule has 1 aromatic heterocycles. The van der Waals surface area contributed by atoms with E-state index in [9.17, 15) is 9.59 Å². The number of halogens is 2. The number of hydrogen-bond acceptors (Lipinski definition) is 6. The molecule has 31 heavy (non-hydrogen) atoms. The fourth-order valence-corrected chi connectivity index (χ4v) is 4.55. The second-order valence-electron chi connectivity index (χ2n) is 7.63. The highest BCUT2D eigenvalue weighted by Crippen LogP contribution is 2.27. The van der Waals surface area contributed by atoms with Crippen LogP contribution in [0.25, 0.3) is 0 Å². The monoisotopic (exact) mass is 483 g/mol. The smallest absolute Gasteiger partial charge is 0.237 e. The topological polar surface area (TPSA) is 100 Å². The van der Waals surface area contributed by atoms with Crippen molar-refractivity contribution in [2.24, 2.45) is 0 Å². The van der Waals surface area contributed by atoms with Crippen molar-refractivity contribution in [3.8, 4) is 0 Å². The maximum Gasteiger partial charge on any atom is 0.237 e. The van der Waals surface area contributed by atoms with E-state index >= 15 is 0 Å². The molecular weight excluding hydrogens is 457 g/mol. The number of benzene rings is 1. The summed E-state index contributed by atoms with van der Waals surface area (Å²) in [5.74, 6) is -0.927. The highest BCUT2D eigenvalue weighted by molar-refractivity contribution is 7.15. The van der Waals surface area contributed by atoms with Gasteiger partial charge < -0.3 is 16.4 Å². The molecule has 1 aliphatic rings. The molecule has 168 valence electrons. The molecule has 0 saturated carbocycles. The minimum atomic E-state index is -0.613. The zero-order valence-corrected chi connectivity index (χ0v) is 19.7. The number of thiazole rings is 1. The van der Waals surface area contributed by atoms with Gasteiger partial charge in [-0.15, -0.1) is 11.3 Å². The third-order valence-corrected chi connectivity index (χ3v) is 7.03. The molecule has 2 atom stereocenters. The summed E-state index contributed by atoms with van der Waals surface area (Å²) in [4.78, 5) is 32.8. The van der Waals surface area contributed by atoms with Gasteiger partial charge in [-0.25, -0.2) is 4.98 Å². The van der Waals surface area contributed by atoms with Gasteiger partial charge in [0, 0.05) is 17.6 Å². The van der Waals surface area contributed by atoms with Crippen LogP contribution in [-0.4, -0.2) is 47.4 Å². The Labute approximate surface area is 196 Å². The number of carbonyl (C=O) groups excluding carboxylic acids is 2. The lowest BCUT2D eigenvalue weighted by atomic mass is 9.97. The molecule has 2 amide bonds. The average Bonchev–Trinajstić information content (AvgIpc) is 3.19. The van der Waals surface area contributed by atoms with Crippen LogP contribution < -0.4 is 16.4 Å². The first kappa shape index (κ1) is 23.8. The third kappa shape index (κ3) is 6.55. The zero-order chi connectivity index (χ0) is 22.4. The molecule has 0 aliphatic carbocycles. The Morgan fingerprint density at radius 3 is 2.55 bits per heavy atom. The Morgan fingerprint density at radius 1 is 1.16 bits per heavy atom. The fraction of sp³-hybridized carbons (Fsp3) is 0.476. The molecule has 1 aliphatic heterocycles. The van der Waals surface area contributed by atoms with Crippen molar-refractivity contribution in [1.29, 1.82) is 0 Å². The summed E-state index contributed by atoms with van der Waals surface area (Å²) in [7, 11) is 0. The predicted molar refractivity (Wildman–Crippen MR) is 125 cm³/mol. The summed E-state index contributed by atoms with van der Waals surface area (Å²) in [5, 5.41) is 7.07. The maximum absolute atomic E-state index is 13.0. The van der Waals surface area contributed by atoms with Gasteiger partial charge in [-0.1, -0.05) is 35.7 Å². The number of nitrogens with one attached hydrogen (secondary N) is 2. The van der Waals surface area contributed by atoms with Crippen LogP contribution in [0.2, 0.25) is 10.0 Å². The van der Waals surface area contributed by atoms with Gasteiger partial charge in [0.05, 0.1) is 28.5 Å². The summed E-state index contributed by atoms with van der Waals surface area (Å²) >= 11 is 13.5. The van der Waals surface area contributed by atoms with Crippen molar-refractivity contribution >= 4 is 51.5 Å². The minimum Gasteiger partial charge on any atom is -0.375 e. The number of carbonyl (C=O) groups is 2. The van der Waals surface area contributed by atoms with Crippen LogP contribution in [0.3, 0.4) is 0 Å². The summed E-state index contributed by atoms with van der Waals surface area (Å²) in [6, 6.07) is 4.84. The molecule has 3 rings (SSSR count). The molecule has 1 saturated heterocycles. The summed E-state index contributed by atoms with van der Waals surface area (Å²) in [6.07, 6.45) is 5.05. The van der Waals surface area contributed by atoms with Crippen LogP contribution in [0.5, 0.6) is 0 Å². The summed E-state index contributed by atoms with van der Waals surface area (Å²) < 4.78 is 0. The Bertz CT molecular complexity index is 917. The zero-order valence-electron chi connectivity index (χ0n) is 17.4. The molecule has 1 fully saturated rings. The van der Waals surface area contributed by atoms with E-state index in [1.54, 1.807) is 24.4 Å². The number of piperidine rings is 1. The van der Waals surface area contributed by atoms with Crippen LogP contribution in [0, 0.1) is 0 Å². The van der Waals surface area contributed by atoms with Crippen LogP contribution >= 0.6 is 34.5 Å². The number of nitrogens with zero attached hydrogens (tertiary/aromatic N) is 2. The standard InChI is InChI=1S/C21H27Cl2N5O2S/c1-13(28-7-3-2-4-8-28)19(29)26-12-16(14-5-6-17(22)18(23)9-14)20(30)25-10-15-11-27-21(24)31-15/h5-6,9,11,13,16H,2-4,7-8,10,12H2,1H3,(H2,24,27)(H,25,30)(H,26,29)/t13-,16+/m1/s1. The fourth-order valence-electron chi connectivity index (χ4n) is 3.61. The van der Waals surface area contributed by atoms with Crippen LogP contribution in [-0.2, 0) is 16.1 Å². The molecule has 0 radical (unpaired) electrons. The van der Waals surface area contributed by atoms with E-state index < -0.39 is 5.92 Å². The van der Waals surface area contributed by atoms with Gasteiger partial charge in [0.15, 0.2) is 5.13 Å². The van der Waals surface area contributed by atoms with Crippen molar-refractivity contribution in [2.45, 2.75) is 44.7 Å². The molecule has 7 nitrogen and oxygen atoms in total. The van der Waals surface area contributed by atoms with E-state index in [0.29, 0.717) is 27.3 Å². The lowest BCUT2D eigenvalue weighted by molar-refractivity contribution is -0.126. The van der Waals surface area contributed by atoms with Crippen molar-refractivity contribution in [1.82, 2.24) is 20.5 Å². The molecule has 10 heteroatoms. The highest BCUT2D eigenvalue weighted by Gasteiger charge is 2.26. The van der Waals surface area contributed by atoms with Gasteiger partial charge in [0.25, 0.3) is 0 Å². The van der Waals surface area contributed by atoms with E-state index in [2.05, 4.69) is 20.5 Å². The van der Waals surface area contributed by atoms with E-state index in [1.165, 1.54) is 17.8 Å². The van der Waals surface area contributed by atoms with Crippen molar-refractivity contribution in [3.05, 3.63) is 44.9 Å². The lowest BCUT2D eigenvalue weighted by Crippen LogP contribution is -2.48. The van der Waals surface area contributed by atoms with E-state index in [1.807, 2.05) is 6.92 Å². The number of anilines is 1. The average molecular weight is 484 g/mol. The van der Waals surface area contributed by atoms with E-state index in [0.717, 1.165) is 30.8 Å².